The van der Waals surface area contributed by atoms with E-state index in [2.05, 4.69) is 15.5 Å². The number of hydrogen-bond donors (Lipinski definition) is 1. The summed E-state index contributed by atoms with van der Waals surface area (Å²) < 4.78 is 0. The molecule has 0 atom stereocenters. The van der Waals surface area contributed by atoms with E-state index in [1.165, 1.54) is 0 Å². The zero-order valence-electron chi connectivity index (χ0n) is 10.2. The molecule has 0 saturated carbocycles. The molecule has 0 fully saturated rings. The second-order valence-electron chi connectivity index (χ2n) is 3.75. The molecule has 0 radical (unpaired) electrons. The Balaban J connectivity index is 1.85. The van der Waals surface area contributed by atoms with Gasteiger partial charge in [0.2, 0.25) is 5.11 Å². The van der Waals surface area contributed by atoms with Crippen molar-refractivity contribution in [3.05, 3.63) is 71.8 Å². The third-order valence-electron chi connectivity index (χ3n) is 2.30. The number of benzene rings is 2. The lowest BCUT2D eigenvalue weighted by atomic mass is 10.2. The molecule has 0 aliphatic carbocycles. The summed E-state index contributed by atoms with van der Waals surface area (Å²) in [6, 6.07) is 19.6. The Bertz CT molecular complexity index is 577. The van der Waals surface area contributed by atoms with Crippen molar-refractivity contribution >= 4 is 29.8 Å². The first-order valence-corrected chi connectivity index (χ1v) is 6.22. The van der Waals surface area contributed by atoms with Gasteiger partial charge >= 0.3 is 0 Å². The molecule has 0 aromatic heterocycles. The molecule has 0 unspecified atom stereocenters. The van der Waals surface area contributed by atoms with Crippen molar-refractivity contribution in [3.8, 4) is 0 Å². The summed E-state index contributed by atoms with van der Waals surface area (Å²) in [6.45, 7) is 0. The summed E-state index contributed by atoms with van der Waals surface area (Å²) >= 11 is 5.05. The number of nitrogens with one attached hydrogen (secondary N) is 1. The molecule has 4 heteroatoms. The largest absolute Gasteiger partial charge is 0.252 e. The summed E-state index contributed by atoms with van der Waals surface area (Å²) in [7, 11) is 0. The first-order valence-electron chi connectivity index (χ1n) is 5.82. The van der Waals surface area contributed by atoms with Gasteiger partial charge in [-0.15, -0.1) is 0 Å². The van der Waals surface area contributed by atoms with Crippen LogP contribution in [0.15, 0.2) is 70.8 Å². The van der Waals surface area contributed by atoms with E-state index < -0.39 is 0 Å². The fraction of sp³-hybridized carbons (Fsp3) is 0. The van der Waals surface area contributed by atoms with Crippen LogP contribution < -0.4 is 5.43 Å². The van der Waals surface area contributed by atoms with Gasteiger partial charge in [-0.2, -0.15) is 5.10 Å². The first-order chi connectivity index (χ1) is 9.34. The highest BCUT2D eigenvalue weighted by Crippen LogP contribution is 1.95. The summed E-state index contributed by atoms with van der Waals surface area (Å²) in [6.07, 6.45) is 3.40. The number of hydrogen-bond acceptors (Lipinski definition) is 2. The molecule has 2 aromatic carbocycles. The van der Waals surface area contributed by atoms with Crippen LogP contribution in [0, 0.1) is 0 Å². The smallest absolute Gasteiger partial charge is 0.213 e. The quantitative estimate of drug-likeness (QED) is 0.527. The number of hydrazone groups is 1. The van der Waals surface area contributed by atoms with Crippen LogP contribution in [0.4, 0.5) is 0 Å². The Morgan fingerprint density at radius 2 is 1.37 bits per heavy atom. The van der Waals surface area contributed by atoms with E-state index in [9.17, 15) is 0 Å². The molecule has 3 nitrogen and oxygen atoms in total. The van der Waals surface area contributed by atoms with E-state index in [-0.39, 0.29) is 0 Å². The molecule has 94 valence electrons. The van der Waals surface area contributed by atoms with Gasteiger partial charge in [-0.25, -0.2) is 4.99 Å². The van der Waals surface area contributed by atoms with E-state index in [4.69, 9.17) is 12.2 Å². The maximum absolute atomic E-state index is 5.05. The van der Waals surface area contributed by atoms with Crippen molar-refractivity contribution in [1.29, 1.82) is 0 Å². The predicted molar refractivity (Wildman–Crippen MR) is 83.8 cm³/mol. The molecule has 0 aliphatic rings. The van der Waals surface area contributed by atoms with Gasteiger partial charge < -0.3 is 0 Å². The lowest BCUT2D eigenvalue weighted by Crippen LogP contribution is -2.12. The molecule has 1 N–H and O–H groups in total. The van der Waals surface area contributed by atoms with Crippen LogP contribution >= 0.6 is 12.2 Å². The average Bonchev–Trinajstić information content (AvgIpc) is 2.47. The summed E-state index contributed by atoms with van der Waals surface area (Å²) in [5.74, 6) is 0. The van der Waals surface area contributed by atoms with E-state index in [0.29, 0.717) is 5.11 Å². The van der Waals surface area contributed by atoms with E-state index in [0.717, 1.165) is 11.1 Å². The molecule has 0 spiro atoms. The second-order valence-corrected chi connectivity index (χ2v) is 4.14. The second kappa shape index (κ2) is 7.18. The molecular weight excluding hydrogens is 254 g/mol. The minimum atomic E-state index is 0.330. The third-order valence-corrected chi connectivity index (χ3v) is 2.50. The molecule has 0 saturated heterocycles. The van der Waals surface area contributed by atoms with Crippen LogP contribution in [0.5, 0.6) is 0 Å². The van der Waals surface area contributed by atoms with Gasteiger partial charge in [0, 0.05) is 6.21 Å². The summed E-state index contributed by atoms with van der Waals surface area (Å²) in [5, 5.41) is 4.35. The highest BCUT2D eigenvalue weighted by Gasteiger charge is 1.89. The van der Waals surface area contributed by atoms with E-state index >= 15 is 0 Å². The minimum Gasteiger partial charge on any atom is -0.252 e. The number of nitrogens with zero attached hydrogens (tertiary/aromatic N) is 2. The Labute approximate surface area is 117 Å². The molecule has 19 heavy (non-hydrogen) atoms. The van der Waals surface area contributed by atoms with Crippen LogP contribution in [0.3, 0.4) is 0 Å². The fourth-order valence-corrected chi connectivity index (χ4v) is 1.51. The van der Waals surface area contributed by atoms with Crippen LogP contribution in [-0.2, 0) is 0 Å². The summed E-state index contributed by atoms with van der Waals surface area (Å²) in [4.78, 5) is 4.11. The highest BCUT2D eigenvalue weighted by atomic mass is 32.1. The summed E-state index contributed by atoms with van der Waals surface area (Å²) in [5.41, 5.74) is 4.71. The molecule has 0 heterocycles. The van der Waals surface area contributed by atoms with Gasteiger partial charge in [0.25, 0.3) is 0 Å². The Morgan fingerprint density at radius 1 is 0.842 bits per heavy atom. The van der Waals surface area contributed by atoms with Crippen LogP contribution in [0.25, 0.3) is 0 Å². The van der Waals surface area contributed by atoms with Gasteiger partial charge in [0.15, 0.2) is 0 Å². The van der Waals surface area contributed by atoms with Crippen molar-refractivity contribution < 1.29 is 0 Å². The van der Waals surface area contributed by atoms with Crippen molar-refractivity contribution in [2.24, 2.45) is 10.1 Å². The van der Waals surface area contributed by atoms with Gasteiger partial charge in [-0.05, 0) is 23.3 Å². The maximum Gasteiger partial charge on any atom is 0.213 e. The molecular formula is C15H13N3S. The van der Waals surface area contributed by atoms with Gasteiger partial charge in [0.05, 0.1) is 6.21 Å². The van der Waals surface area contributed by atoms with Crippen LogP contribution in [0.1, 0.15) is 11.1 Å². The number of thiocarbonyl (C=S) groups is 1. The molecule has 2 rings (SSSR count). The first kappa shape index (κ1) is 13.1. The van der Waals surface area contributed by atoms with E-state index in [1.54, 1.807) is 12.4 Å². The lowest BCUT2D eigenvalue weighted by Gasteiger charge is -1.96. The molecule has 0 aliphatic heterocycles. The van der Waals surface area contributed by atoms with Crippen molar-refractivity contribution in [3.63, 3.8) is 0 Å². The molecule has 0 bridgehead atoms. The zero-order chi connectivity index (χ0) is 13.3. The van der Waals surface area contributed by atoms with Crippen molar-refractivity contribution in [2.45, 2.75) is 0 Å². The standard InChI is InChI=1S/C15H13N3S/c19-15(16-11-13-7-3-1-4-8-13)18-17-12-14-9-5-2-6-10-14/h1-12H,(H,18,19). The number of rotatable bonds is 3. The number of aliphatic imine (C=N–C) groups is 1. The Hall–Kier alpha value is -2.33. The predicted octanol–water partition coefficient (Wildman–Crippen LogP) is 3.01. The monoisotopic (exact) mass is 267 g/mol. The normalized spacial score (nSPS) is 10.9. The van der Waals surface area contributed by atoms with Gasteiger partial charge in [-0.1, -0.05) is 60.7 Å². The zero-order valence-corrected chi connectivity index (χ0v) is 11.0. The maximum atomic E-state index is 5.05. The SMILES string of the molecule is S=C(N=Cc1ccccc1)NN=Cc1ccccc1. The molecule has 2 aromatic rings. The van der Waals surface area contributed by atoms with Crippen molar-refractivity contribution in [1.82, 2.24) is 5.43 Å². The van der Waals surface area contributed by atoms with E-state index in [1.807, 2.05) is 60.7 Å². The Morgan fingerprint density at radius 3 is 1.95 bits per heavy atom. The average molecular weight is 267 g/mol. The Kier molecular flexibility index (Phi) is 4.96. The topological polar surface area (TPSA) is 36.8 Å². The van der Waals surface area contributed by atoms with Gasteiger partial charge in [0.1, 0.15) is 0 Å². The van der Waals surface area contributed by atoms with Crippen LogP contribution in [0.2, 0.25) is 0 Å². The fourth-order valence-electron chi connectivity index (χ4n) is 1.40. The lowest BCUT2D eigenvalue weighted by molar-refractivity contribution is 1.04. The van der Waals surface area contributed by atoms with Gasteiger partial charge in [-0.3, -0.25) is 5.43 Å². The minimum absolute atomic E-state index is 0.330. The van der Waals surface area contributed by atoms with Crippen LogP contribution in [-0.4, -0.2) is 17.5 Å². The third kappa shape index (κ3) is 4.81. The van der Waals surface area contributed by atoms with Crippen molar-refractivity contribution in [2.75, 3.05) is 0 Å². The highest BCUT2D eigenvalue weighted by molar-refractivity contribution is 7.80. The molecule has 0 amide bonds.